The van der Waals surface area contributed by atoms with Gasteiger partial charge in [-0.15, -0.1) is 0 Å². The molecule has 28 heavy (non-hydrogen) atoms. The van der Waals surface area contributed by atoms with Crippen LogP contribution in [0.1, 0.15) is 42.3 Å². The van der Waals surface area contributed by atoms with Gasteiger partial charge in [-0.3, -0.25) is 14.6 Å². The second kappa shape index (κ2) is 7.01. The lowest BCUT2D eigenvalue weighted by molar-refractivity contribution is -0.135. The van der Waals surface area contributed by atoms with E-state index in [0.29, 0.717) is 6.54 Å². The van der Waals surface area contributed by atoms with Crippen molar-refractivity contribution in [3.63, 3.8) is 0 Å². The van der Waals surface area contributed by atoms with Gasteiger partial charge in [-0.25, -0.2) is 4.98 Å². The van der Waals surface area contributed by atoms with Crippen molar-refractivity contribution < 1.29 is 4.79 Å². The lowest BCUT2D eigenvalue weighted by Gasteiger charge is -2.50. The Morgan fingerprint density at radius 2 is 1.86 bits per heavy atom. The molecule has 0 aliphatic carbocycles. The highest BCUT2D eigenvalue weighted by molar-refractivity contribution is 5.78. The third-order valence-corrected chi connectivity index (χ3v) is 6.99. The van der Waals surface area contributed by atoms with E-state index in [0.717, 1.165) is 58.5 Å². The Morgan fingerprint density at radius 1 is 1.14 bits per heavy atom. The van der Waals surface area contributed by atoms with Crippen LogP contribution in [0.25, 0.3) is 0 Å². The number of hydrogen-bond donors (Lipinski definition) is 1. The predicted molar refractivity (Wildman–Crippen MR) is 108 cm³/mol. The fraction of sp³-hybridized carbons (Fsp3) is 0.545. The Hall–Kier alpha value is -2.18. The predicted octanol–water partition coefficient (Wildman–Crippen LogP) is 2.12. The lowest BCUT2D eigenvalue weighted by Crippen LogP contribution is -2.57. The molecular formula is C22H29N5O. The number of likely N-dealkylation sites (tertiary alicyclic amines) is 1. The summed E-state index contributed by atoms with van der Waals surface area (Å²) < 4.78 is 0. The van der Waals surface area contributed by atoms with Crippen molar-refractivity contribution in [1.82, 2.24) is 24.7 Å². The van der Waals surface area contributed by atoms with Gasteiger partial charge >= 0.3 is 0 Å². The molecule has 0 radical (unpaired) electrons. The number of imidazole rings is 1. The molecule has 1 aromatic carbocycles. The first kappa shape index (κ1) is 17.9. The maximum atomic E-state index is 13.0. The van der Waals surface area contributed by atoms with Crippen molar-refractivity contribution in [3.05, 3.63) is 53.1 Å². The van der Waals surface area contributed by atoms with Gasteiger partial charge in [0, 0.05) is 44.8 Å². The zero-order chi connectivity index (χ0) is 19.1. The van der Waals surface area contributed by atoms with E-state index in [1.165, 1.54) is 22.5 Å². The van der Waals surface area contributed by atoms with Crippen LogP contribution in [-0.2, 0) is 29.8 Å². The van der Waals surface area contributed by atoms with Crippen molar-refractivity contribution in [2.45, 2.75) is 44.8 Å². The summed E-state index contributed by atoms with van der Waals surface area (Å²) in [5.41, 5.74) is 5.24. The zero-order valence-corrected chi connectivity index (χ0v) is 16.7. The quantitative estimate of drug-likeness (QED) is 0.888. The number of nitrogens with zero attached hydrogens (tertiary/aromatic N) is 4. The normalized spacial score (nSPS) is 21.7. The molecule has 0 bridgehead atoms. The fourth-order valence-electron chi connectivity index (χ4n) is 5.47. The van der Waals surface area contributed by atoms with Gasteiger partial charge in [0.1, 0.15) is 0 Å². The number of benzene rings is 1. The summed E-state index contributed by atoms with van der Waals surface area (Å²) in [6.45, 7) is 8.29. The summed E-state index contributed by atoms with van der Waals surface area (Å²) in [5, 5.41) is 0. The van der Waals surface area contributed by atoms with Crippen molar-refractivity contribution in [2.24, 2.45) is 0 Å². The van der Waals surface area contributed by atoms with Crippen molar-refractivity contribution in [1.29, 1.82) is 0 Å². The molecule has 0 saturated carbocycles. The molecule has 1 fully saturated rings. The lowest BCUT2D eigenvalue weighted by atomic mass is 9.78. The van der Waals surface area contributed by atoms with E-state index in [2.05, 4.69) is 50.9 Å². The Morgan fingerprint density at radius 3 is 2.54 bits per heavy atom. The molecule has 0 atom stereocenters. The summed E-state index contributed by atoms with van der Waals surface area (Å²) in [6.07, 6.45) is 4.84. The molecule has 6 heteroatoms. The Kier molecular flexibility index (Phi) is 4.48. The molecule has 4 heterocycles. The third-order valence-electron chi connectivity index (χ3n) is 6.99. The first-order valence-electron chi connectivity index (χ1n) is 10.5. The van der Waals surface area contributed by atoms with E-state index in [1.54, 1.807) is 0 Å². The topological polar surface area (TPSA) is 55.5 Å². The van der Waals surface area contributed by atoms with Crippen LogP contribution in [-0.4, -0.2) is 63.3 Å². The number of fused-ring (bicyclic) bond motifs is 3. The van der Waals surface area contributed by atoms with Crippen molar-refractivity contribution >= 4 is 5.91 Å². The number of nitrogens with one attached hydrogen (secondary N) is 1. The highest BCUT2D eigenvalue weighted by Gasteiger charge is 2.46. The molecule has 0 unspecified atom stereocenters. The number of piperidine rings is 1. The standard InChI is InChI=1S/C22H29N5O/c1-2-27-10-7-19-21(24-16-23-19)22(27)8-11-26(12-9-22)20(28)15-25-13-17-5-3-4-6-18(17)14-25/h3-6,16H,2,7-15H2,1H3,(H,23,24). The monoisotopic (exact) mass is 379 g/mol. The summed E-state index contributed by atoms with van der Waals surface area (Å²) in [5.74, 6) is 0.267. The van der Waals surface area contributed by atoms with Crippen LogP contribution in [0.2, 0.25) is 0 Å². The molecule has 2 aromatic rings. The first-order valence-corrected chi connectivity index (χ1v) is 10.5. The van der Waals surface area contributed by atoms with E-state index in [1.807, 2.05) is 6.33 Å². The Bertz CT molecular complexity index is 842. The molecule has 1 amide bonds. The fourth-order valence-corrected chi connectivity index (χ4v) is 5.47. The molecule has 6 nitrogen and oxygen atoms in total. The van der Waals surface area contributed by atoms with E-state index in [9.17, 15) is 4.79 Å². The largest absolute Gasteiger partial charge is 0.348 e. The SMILES string of the molecule is CCN1CCc2[nH]cnc2C12CCN(C(=O)CN1Cc3ccccc3C1)CC2. The average Bonchev–Trinajstić information content (AvgIpc) is 3.35. The maximum Gasteiger partial charge on any atom is 0.236 e. The van der Waals surface area contributed by atoms with Crippen molar-refractivity contribution in [2.75, 3.05) is 32.7 Å². The van der Waals surface area contributed by atoms with Crippen LogP contribution in [0, 0.1) is 0 Å². The van der Waals surface area contributed by atoms with Crippen LogP contribution in [0.5, 0.6) is 0 Å². The smallest absolute Gasteiger partial charge is 0.236 e. The molecule has 3 aliphatic heterocycles. The van der Waals surface area contributed by atoms with Gasteiger partial charge in [0.2, 0.25) is 5.91 Å². The van der Waals surface area contributed by atoms with Gasteiger partial charge in [0.05, 0.1) is 24.1 Å². The molecule has 1 spiro atoms. The number of aromatic amines is 1. The summed E-state index contributed by atoms with van der Waals surface area (Å²) in [6, 6.07) is 8.52. The summed E-state index contributed by atoms with van der Waals surface area (Å²) in [4.78, 5) is 27.9. The molecular weight excluding hydrogens is 350 g/mol. The van der Waals surface area contributed by atoms with Crippen LogP contribution in [0.3, 0.4) is 0 Å². The van der Waals surface area contributed by atoms with Gasteiger partial charge in [0.15, 0.2) is 0 Å². The second-order valence-corrected chi connectivity index (χ2v) is 8.39. The highest BCUT2D eigenvalue weighted by Crippen LogP contribution is 2.42. The maximum absolute atomic E-state index is 13.0. The highest BCUT2D eigenvalue weighted by atomic mass is 16.2. The molecule has 1 saturated heterocycles. The van der Waals surface area contributed by atoms with Crippen LogP contribution in [0.15, 0.2) is 30.6 Å². The van der Waals surface area contributed by atoms with Gasteiger partial charge in [-0.05, 0) is 30.5 Å². The number of carbonyl (C=O) groups excluding carboxylic acids is 1. The van der Waals surface area contributed by atoms with Gasteiger partial charge < -0.3 is 9.88 Å². The number of hydrogen-bond acceptors (Lipinski definition) is 4. The minimum Gasteiger partial charge on any atom is -0.348 e. The number of rotatable bonds is 3. The number of carbonyl (C=O) groups is 1. The first-order chi connectivity index (χ1) is 13.7. The van der Waals surface area contributed by atoms with E-state index in [-0.39, 0.29) is 11.4 Å². The minimum atomic E-state index is 0.00297. The van der Waals surface area contributed by atoms with Crippen LogP contribution >= 0.6 is 0 Å². The Balaban J connectivity index is 1.24. The van der Waals surface area contributed by atoms with E-state index >= 15 is 0 Å². The molecule has 5 rings (SSSR count). The molecule has 3 aliphatic rings. The Labute approximate surface area is 166 Å². The van der Waals surface area contributed by atoms with Gasteiger partial charge in [-0.1, -0.05) is 31.2 Å². The summed E-state index contributed by atoms with van der Waals surface area (Å²) in [7, 11) is 0. The average molecular weight is 380 g/mol. The number of aromatic nitrogens is 2. The van der Waals surface area contributed by atoms with E-state index < -0.39 is 0 Å². The number of likely N-dealkylation sites (N-methyl/N-ethyl adjacent to an activating group) is 1. The van der Waals surface area contributed by atoms with Crippen molar-refractivity contribution in [3.8, 4) is 0 Å². The second-order valence-electron chi connectivity index (χ2n) is 8.39. The summed E-state index contributed by atoms with van der Waals surface area (Å²) >= 11 is 0. The molecule has 1 N–H and O–H groups in total. The van der Waals surface area contributed by atoms with Crippen LogP contribution < -0.4 is 0 Å². The molecule has 148 valence electrons. The third kappa shape index (κ3) is 2.86. The van der Waals surface area contributed by atoms with Gasteiger partial charge in [0.25, 0.3) is 0 Å². The number of H-pyrrole nitrogens is 1. The zero-order valence-electron chi connectivity index (χ0n) is 16.7. The van der Waals surface area contributed by atoms with E-state index in [4.69, 9.17) is 4.98 Å². The van der Waals surface area contributed by atoms with Crippen LogP contribution in [0.4, 0.5) is 0 Å². The molecule has 1 aromatic heterocycles. The number of amides is 1. The minimum absolute atomic E-state index is 0.00297. The van der Waals surface area contributed by atoms with Gasteiger partial charge in [-0.2, -0.15) is 0 Å².